The van der Waals surface area contributed by atoms with Crippen LogP contribution in [0.2, 0.25) is 0 Å². The number of allylic oxidation sites excluding steroid dienone is 5. The normalized spacial score (nSPS) is 19.5. The Labute approximate surface area is 187 Å². The minimum atomic E-state index is 0.276. The van der Waals surface area contributed by atoms with Gasteiger partial charge in [0.15, 0.2) is 0 Å². The summed E-state index contributed by atoms with van der Waals surface area (Å²) in [4.78, 5) is 5.06. The van der Waals surface area contributed by atoms with E-state index in [0.717, 1.165) is 54.1 Å². The third-order valence-corrected chi connectivity index (χ3v) is 5.92. The van der Waals surface area contributed by atoms with Crippen molar-refractivity contribution in [3.8, 4) is 0 Å². The number of aliphatic imine (C=N–C) groups is 1. The van der Waals surface area contributed by atoms with Crippen LogP contribution in [0.1, 0.15) is 50.7 Å². The average Bonchev–Trinajstić information content (AvgIpc) is 2.79. The minimum Gasteiger partial charge on any atom is -0.401 e. The van der Waals surface area contributed by atoms with E-state index in [2.05, 4.69) is 86.4 Å². The molecule has 1 aliphatic carbocycles. The maximum atomic E-state index is 6.60. The predicted octanol–water partition coefficient (Wildman–Crippen LogP) is 5.92. The van der Waals surface area contributed by atoms with Gasteiger partial charge in [0.1, 0.15) is 0 Å². The second-order valence-electron chi connectivity index (χ2n) is 8.62. The third kappa shape index (κ3) is 6.53. The molecule has 0 aliphatic heterocycles. The Kier molecular flexibility index (Phi) is 8.02. The second kappa shape index (κ2) is 10.9. The highest BCUT2D eigenvalue weighted by Gasteiger charge is 2.25. The van der Waals surface area contributed by atoms with Crippen LogP contribution in [-0.2, 0) is 6.54 Å². The average molecular weight is 414 g/mol. The molecule has 0 bridgehead atoms. The van der Waals surface area contributed by atoms with Crippen LogP contribution < -0.4 is 11.1 Å². The fraction of sp³-hybridized carbons (Fsp3) is 0.321. The van der Waals surface area contributed by atoms with Crippen molar-refractivity contribution in [2.24, 2.45) is 10.7 Å². The van der Waals surface area contributed by atoms with Crippen LogP contribution >= 0.6 is 0 Å². The summed E-state index contributed by atoms with van der Waals surface area (Å²) >= 11 is 0. The van der Waals surface area contributed by atoms with Crippen LogP contribution in [-0.4, -0.2) is 18.3 Å². The summed E-state index contributed by atoms with van der Waals surface area (Å²) in [6.45, 7) is 12.0. The highest BCUT2D eigenvalue weighted by molar-refractivity contribution is 6.04. The number of hydrogen-bond donors (Lipinski definition) is 2. The van der Waals surface area contributed by atoms with Crippen molar-refractivity contribution in [3.05, 3.63) is 107 Å². The lowest BCUT2D eigenvalue weighted by atomic mass is 9.81. The molecule has 2 unspecified atom stereocenters. The molecule has 0 amide bonds. The molecule has 0 spiro atoms. The summed E-state index contributed by atoms with van der Waals surface area (Å²) in [5.41, 5.74) is 14.5. The molecule has 0 saturated carbocycles. The summed E-state index contributed by atoms with van der Waals surface area (Å²) in [5.74, 6) is 0.370. The molecule has 162 valence electrons. The van der Waals surface area contributed by atoms with E-state index in [1.807, 2.05) is 13.0 Å². The molecule has 0 fully saturated rings. The molecular formula is C28H35N3. The van der Waals surface area contributed by atoms with Gasteiger partial charge in [-0.2, -0.15) is 0 Å². The lowest BCUT2D eigenvalue weighted by Crippen LogP contribution is -2.29. The quantitative estimate of drug-likeness (QED) is 0.528. The van der Waals surface area contributed by atoms with E-state index in [4.69, 9.17) is 10.7 Å². The molecule has 2 aromatic carbocycles. The molecule has 3 N–H and O–H groups in total. The Morgan fingerprint density at radius 3 is 2.39 bits per heavy atom. The van der Waals surface area contributed by atoms with E-state index in [9.17, 15) is 0 Å². The Bertz CT molecular complexity index is 968. The van der Waals surface area contributed by atoms with Gasteiger partial charge < -0.3 is 11.1 Å². The van der Waals surface area contributed by atoms with Gasteiger partial charge in [-0.05, 0) is 62.3 Å². The van der Waals surface area contributed by atoms with E-state index in [-0.39, 0.29) is 6.04 Å². The van der Waals surface area contributed by atoms with Crippen molar-refractivity contribution in [1.29, 1.82) is 0 Å². The fourth-order valence-electron chi connectivity index (χ4n) is 3.80. The molecule has 0 saturated heterocycles. The van der Waals surface area contributed by atoms with Crippen molar-refractivity contribution in [1.82, 2.24) is 5.32 Å². The van der Waals surface area contributed by atoms with Crippen molar-refractivity contribution in [2.75, 3.05) is 6.54 Å². The van der Waals surface area contributed by atoms with Gasteiger partial charge in [0, 0.05) is 29.6 Å². The number of nitrogens with two attached hydrogens (primary N) is 1. The summed E-state index contributed by atoms with van der Waals surface area (Å²) in [7, 11) is 0. The lowest BCUT2D eigenvalue weighted by molar-refractivity contribution is 0.555. The Balaban J connectivity index is 1.79. The molecule has 2 atom stereocenters. The van der Waals surface area contributed by atoms with Crippen molar-refractivity contribution < 1.29 is 0 Å². The fourth-order valence-corrected chi connectivity index (χ4v) is 3.80. The van der Waals surface area contributed by atoms with Crippen LogP contribution in [0, 0.1) is 0 Å². The minimum absolute atomic E-state index is 0.276. The molecule has 0 aromatic heterocycles. The summed E-state index contributed by atoms with van der Waals surface area (Å²) in [6.07, 6.45) is 3.94. The van der Waals surface area contributed by atoms with Gasteiger partial charge in [-0.3, -0.25) is 4.99 Å². The van der Waals surface area contributed by atoms with Crippen molar-refractivity contribution in [3.63, 3.8) is 0 Å². The molecule has 3 rings (SSSR count). The lowest BCUT2D eigenvalue weighted by Gasteiger charge is -2.27. The summed E-state index contributed by atoms with van der Waals surface area (Å²) in [6, 6.07) is 21.4. The molecule has 2 aromatic rings. The Hall–Kier alpha value is -2.91. The van der Waals surface area contributed by atoms with Gasteiger partial charge in [-0.15, -0.1) is 0 Å². The zero-order valence-electron chi connectivity index (χ0n) is 19.1. The van der Waals surface area contributed by atoms with E-state index in [1.165, 1.54) is 11.1 Å². The molecule has 3 heteroatoms. The molecule has 0 heterocycles. The van der Waals surface area contributed by atoms with Crippen LogP contribution in [0.25, 0.3) is 0 Å². The first kappa shape index (κ1) is 22.8. The SMILES string of the molecule is C=C(C)/C(C)=C/C1=C(N)CC(c2ccccc2)CC1=NCC(C)NCc1ccccc1. The molecule has 31 heavy (non-hydrogen) atoms. The van der Waals surface area contributed by atoms with Crippen LogP contribution in [0.3, 0.4) is 0 Å². The number of nitrogens with zero attached hydrogens (tertiary/aromatic N) is 1. The standard InChI is InChI=1S/C28H35N3/c1-20(2)21(3)15-26-27(29)16-25(24-13-9-6-10-14-24)17-28(26)31-18-22(4)30-19-23-11-7-5-8-12-23/h5-15,22,25,30H,1,16-19,29H2,2-4H3/b21-15+,31-28?. The largest absolute Gasteiger partial charge is 0.401 e. The number of rotatable bonds is 8. The number of benzene rings is 2. The van der Waals surface area contributed by atoms with Gasteiger partial charge in [-0.25, -0.2) is 0 Å². The Morgan fingerprint density at radius 2 is 1.74 bits per heavy atom. The van der Waals surface area contributed by atoms with Crippen LogP contribution in [0.4, 0.5) is 0 Å². The summed E-state index contributed by atoms with van der Waals surface area (Å²) in [5, 5.41) is 3.58. The molecule has 3 nitrogen and oxygen atoms in total. The van der Waals surface area contributed by atoms with Gasteiger partial charge in [-0.1, -0.05) is 72.8 Å². The highest BCUT2D eigenvalue weighted by Crippen LogP contribution is 2.34. The first-order valence-electron chi connectivity index (χ1n) is 11.1. The van der Waals surface area contributed by atoms with E-state index >= 15 is 0 Å². The van der Waals surface area contributed by atoms with Crippen LogP contribution in [0.5, 0.6) is 0 Å². The number of hydrogen-bond acceptors (Lipinski definition) is 3. The molecule has 0 radical (unpaired) electrons. The smallest absolute Gasteiger partial charge is 0.0543 e. The Morgan fingerprint density at radius 1 is 1.10 bits per heavy atom. The van der Waals surface area contributed by atoms with Crippen molar-refractivity contribution >= 4 is 5.71 Å². The van der Waals surface area contributed by atoms with Crippen LogP contribution in [0.15, 0.2) is 101 Å². The zero-order chi connectivity index (χ0) is 22.2. The van der Waals surface area contributed by atoms with Gasteiger partial charge in [0.05, 0.1) is 6.54 Å². The van der Waals surface area contributed by atoms with Crippen molar-refractivity contribution in [2.45, 2.75) is 52.1 Å². The first-order valence-corrected chi connectivity index (χ1v) is 11.1. The second-order valence-corrected chi connectivity index (χ2v) is 8.62. The third-order valence-electron chi connectivity index (χ3n) is 5.92. The van der Waals surface area contributed by atoms with E-state index in [1.54, 1.807) is 0 Å². The van der Waals surface area contributed by atoms with Gasteiger partial charge in [0.2, 0.25) is 0 Å². The van der Waals surface area contributed by atoms with Gasteiger partial charge in [0.25, 0.3) is 0 Å². The molecular weight excluding hydrogens is 378 g/mol. The van der Waals surface area contributed by atoms with E-state index < -0.39 is 0 Å². The van der Waals surface area contributed by atoms with E-state index in [0.29, 0.717) is 5.92 Å². The maximum absolute atomic E-state index is 6.60. The first-order chi connectivity index (χ1) is 14.9. The number of nitrogens with one attached hydrogen (secondary N) is 1. The zero-order valence-corrected chi connectivity index (χ0v) is 19.1. The van der Waals surface area contributed by atoms with Gasteiger partial charge >= 0.3 is 0 Å². The predicted molar refractivity (Wildman–Crippen MR) is 133 cm³/mol. The molecule has 1 aliphatic rings. The highest BCUT2D eigenvalue weighted by atomic mass is 14.9. The topological polar surface area (TPSA) is 50.4 Å². The summed E-state index contributed by atoms with van der Waals surface area (Å²) < 4.78 is 0. The maximum Gasteiger partial charge on any atom is 0.0543 e. The monoisotopic (exact) mass is 413 g/mol.